The Morgan fingerprint density at radius 3 is 2.90 bits per heavy atom. The van der Waals surface area contributed by atoms with Crippen LogP contribution in [0.1, 0.15) is 15.2 Å². The molecule has 1 N–H and O–H groups in total. The maximum absolute atomic E-state index is 13.1. The van der Waals surface area contributed by atoms with E-state index >= 15 is 0 Å². The number of halogens is 1. The Kier molecular flexibility index (Phi) is 4.87. The van der Waals surface area contributed by atoms with Gasteiger partial charge in [-0.25, -0.2) is 4.39 Å². The highest BCUT2D eigenvalue weighted by Crippen LogP contribution is 2.18. The molecule has 2 rings (SSSR count). The minimum atomic E-state index is -0.521. The molecule has 0 aliphatic heterocycles. The summed E-state index contributed by atoms with van der Waals surface area (Å²) in [5, 5.41) is 11.6. The number of aromatic hydroxyl groups is 1. The Morgan fingerprint density at radius 2 is 2.20 bits per heavy atom. The largest absolute Gasteiger partial charge is 0.507 e. The average Bonchev–Trinajstić information content (AvgIpc) is 2.92. The molecule has 3 nitrogen and oxygen atoms in total. The molecule has 0 atom stereocenters. The van der Waals surface area contributed by atoms with Gasteiger partial charge < -0.3 is 5.11 Å². The molecule has 0 amide bonds. The van der Waals surface area contributed by atoms with E-state index in [9.17, 15) is 14.3 Å². The van der Waals surface area contributed by atoms with Crippen LogP contribution in [0.4, 0.5) is 4.39 Å². The molecule has 0 spiro atoms. The second-order valence-electron chi connectivity index (χ2n) is 4.65. The standard InChI is InChI=1S/C15H16FNO2S/c1-17(7-6-12-3-2-8-20-12)10-15(19)13-9-11(16)4-5-14(13)18/h2-5,8-9,18H,6-7,10H2,1H3. The highest BCUT2D eigenvalue weighted by atomic mass is 32.1. The number of phenols is 1. The van der Waals surface area contributed by atoms with E-state index in [2.05, 4.69) is 6.07 Å². The zero-order valence-corrected chi connectivity index (χ0v) is 12.0. The summed E-state index contributed by atoms with van der Waals surface area (Å²) in [5.41, 5.74) is 0.0352. The molecule has 20 heavy (non-hydrogen) atoms. The lowest BCUT2D eigenvalue weighted by atomic mass is 10.1. The van der Waals surface area contributed by atoms with Gasteiger partial charge in [0.1, 0.15) is 11.6 Å². The zero-order valence-electron chi connectivity index (χ0n) is 11.2. The summed E-state index contributed by atoms with van der Waals surface area (Å²) in [7, 11) is 1.84. The van der Waals surface area contributed by atoms with Gasteiger partial charge in [-0.1, -0.05) is 6.07 Å². The van der Waals surface area contributed by atoms with Gasteiger partial charge in [0.05, 0.1) is 12.1 Å². The van der Waals surface area contributed by atoms with Gasteiger partial charge in [-0.15, -0.1) is 11.3 Å². The highest BCUT2D eigenvalue weighted by molar-refractivity contribution is 7.09. The summed E-state index contributed by atoms with van der Waals surface area (Å²) in [5.74, 6) is -0.980. The summed E-state index contributed by atoms with van der Waals surface area (Å²) in [4.78, 5) is 15.2. The minimum Gasteiger partial charge on any atom is -0.507 e. The molecule has 1 aromatic heterocycles. The summed E-state index contributed by atoms with van der Waals surface area (Å²) in [6.07, 6.45) is 0.872. The first-order valence-electron chi connectivity index (χ1n) is 6.29. The molecule has 0 radical (unpaired) electrons. The third kappa shape index (κ3) is 3.88. The van der Waals surface area contributed by atoms with Gasteiger partial charge in [-0.3, -0.25) is 9.69 Å². The van der Waals surface area contributed by atoms with Crippen molar-refractivity contribution in [2.24, 2.45) is 0 Å². The lowest BCUT2D eigenvalue weighted by Gasteiger charge is -2.15. The molecule has 5 heteroatoms. The van der Waals surface area contributed by atoms with Gasteiger partial charge >= 0.3 is 0 Å². The van der Waals surface area contributed by atoms with Crippen LogP contribution < -0.4 is 0 Å². The van der Waals surface area contributed by atoms with Crippen LogP contribution in [0.5, 0.6) is 5.75 Å². The fourth-order valence-corrected chi connectivity index (χ4v) is 2.60. The lowest BCUT2D eigenvalue weighted by molar-refractivity contribution is 0.0944. The first-order chi connectivity index (χ1) is 9.56. The Hall–Kier alpha value is -1.72. The van der Waals surface area contributed by atoms with Gasteiger partial charge in [0.25, 0.3) is 0 Å². The molecule has 0 saturated carbocycles. The second kappa shape index (κ2) is 6.63. The lowest BCUT2D eigenvalue weighted by Crippen LogP contribution is -2.28. The van der Waals surface area contributed by atoms with E-state index in [4.69, 9.17) is 0 Å². The Balaban J connectivity index is 1.91. The van der Waals surface area contributed by atoms with E-state index in [1.54, 1.807) is 11.3 Å². The van der Waals surface area contributed by atoms with Crippen molar-refractivity contribution in [2.45, 2.75) is 6.42 Å². The van der Waals surface area contributed by atoms with E-state index < -0.39 is 5.82 Å². The topological polar surface area (TPSA) is 40.5 Å². The van der Waals surface area contributed by atoms with Gasteiger partial charge in [0.15, 0.2) is 5.78 Å². The van der Waals surface area contributed by atoms with Crippen molar-refractivity contribution in [3.05, 3.63) is 52.0 Å². The van der Waals surface area contributed by atoms with Crippen LogP contribution in [0.2, 0.25) is 0 Å². The van der Waals surface area contributed by atoms with Crippen LogP contribution in [-0.2, 0) is 6.42 Å². The van der Waals surface area contributed by atoms with Crippen molar-refractivity contribution in [3.8, 4) is 5.75 Å². The number of phenolic OH excluding ortho intramolecular Hbond substituents is 1. The Labute approximate surface area is 121 Å². The van der Waals surface area contributed by atoms with Crippen LogP contribution in [0, 0.1) is 5.82 Å². The Bertz CT molecular complexity index is 584. The number of Topliss-reactive ketones (excluding diaryl/α,β-unsaturated/α-hetero) is 1. The van der Waals surface area contributed by atoms with E-state index in [0.29, 0.717) is 0 Å². The molecule has 1 heterocycles. The first kappa shape index (κ1) is 14.7. The highest BCUT2D eigenvalue weighted by Gasteiger charge is 2.14. The van der Waals surface area contributed by atoms with Crippen LogP contribution in [-0.4, -0.2) is 35.9 Å². The number of hydrogen-bond acceptors (Lipinski definition) is 4. The van der Waals surface area contributed by atoms with Crippen LogP contribution in [0.25, 0.3) is 0 Å². The van der Waals surface area contributed by atoms with Gasteiger partial charge in [-0.2, -0.15) is 0 Å². The van der Waals surface area contributed by atoms with Crippen molar-refractivity contribution in [3.63, 3.8) is 0 Å². The van der Waals surface area contributed by atoms with Crippen molar-refractivity contribution < 1.29 is 14.3 Å². The molecule has 1 aromatic carbocycles. The molecule has 0 aliphatic rings. The van der Waals surface area contributed by atoms with Crippen molar-refractivity contribution >= 4 is 17.1 Å². The molecule has 2 aromatic rings. The number of benzene rings is 1. The molecule has 0 unspecified atom stereocenters. The van der Waals surface area contributed by atoms with Gasteiger partial charge in [0.2, 0.25) is 0 Å². The summed E-state index contributed by atoms with van der Waals surface area (Å²) in [6.45, 7) is 0.894. The summed E-state index contributed by atoms with van der Waals surface area (Å²) >= 11 is 1.68. The maximum atomic E-state index is 13.1. The van der Waals surface area contributed by atoms with Gasteiger partial charge in [-0.05, 0) is 43.1 Å². The smallest absolute Gasteiger partial charge is 0.180 e. The number of nitrogens with zero attached hydrogens (tertiary/aromatic N) is 1. The SMILES string of the molecule is CN(CCc1cccs1)CC(=O)c1cc(F)ccc1O. The zero-order chi connectivity index (χ0) is 14.5. The van der Waals surface area contributed by atoms with Crippen molar-refractivity contribution in [2.75, 3.05) is 20.1 Å². The second-order valence-corrected chi connectivity index (χ2v) is 5.68. The number of rotatable bonds is 6. The number of ketones is 1. The fraction of sp³-hybridized carbons (Fsp3) is 0.267. The molecule has 0 saturated heterocycles. The molecule has 0 aliphatic carbocycles. The molecule has 0 fully saturated rings. The van der Waals surface area contributed by atoms with E-state index in [0.717, 1.165) is 25.1 Å². The molecule has 0 bridgehead atoms. The van der Waals surface area contributed by atoms with E-state index in [-0.39, 0.29) is 23.6 Å². The summed E-state index contributed by atoms with van der Waals surface area (Å²) in [6, 6.07) is 7.46. The molecular formula is C15H16FNO2S. The molecule has 106 valence electrons. The van der Waals surface area contributed by atoms with E-state index in [1.807, 2.05) is 23.4 Å². The van der Waals surface area contributed by atoms with Crippen LogP contribution in [0.15, 0.2) is 35.7 Å². The quantitative estimate of drug-likeness (QED) is 0.833. The number of likely N-dealkylation sites (N-methyl/N-ethyl adjacent to an activating group) is 1. The van der Waals surface area contributed by atoms with Gasteiger partial charge in [0, 0.05) is 11.4 Å². The molecular weight excluding hydrogens is 277 g/mol. The predicted octanol–water partition coefficient (Wildman–Crippen LogP) is 2.95. The monoisotopic (exact) mass is 293 g/mol. The van der Waals surface area contributed by atoms with Crippen molar-refractivity contribution in [1.29, 1.82) is 0 Å². The maximum Gasteiger partial charge on any atom is 0.180 e. The minimum absolute atomic E-state index is 0.0352. The number of hydrogen-bond donors (Lipinski definition) is 1. The fourth-order valence-electron chi connectivity index (χ4n) is 1.90. The number of carbonyl (C=O) groups is 1. The van der Waals surface area contributed by atoms with E-state index in [1.165, 1.54) is 10.9 Å². The number of thiophene rings is 1. The normalized spacial score (nSPS) is 10.9. The van der Waals surface area contributed by atoms with Crippen molar-refractivity contribution in [1.82, 2.24) is 4.90 Å². The summed E-state index contributed by atoms with van der Waals surface area (Å²) < 4.78 is 13.1. The first-order valence-corrected chi connectivity index (χ1v) is 7.17. The predicted molar refractivity (Wildman–Crippen MR) is 77.9 cm³/mol. The Morgan fingerprint density at radius 1 is 1.40 bits per heavy atom. The van der Waals surface area contributed by atoms with Crippen LogP contribution in [0.3, 0.4) is 0 Å². The third-order valence-electron chi connectivity index (χ3n) is 2.99. The van der Waals surface area contributed by atoms with Crippen LogP contribution >= 0.6 is 11.3 Å². The number of carbonyl (C=O) groups excluding carboxylic acids is 1. The average molecular weight is 293 g/mol. The third-order valence-corrected chi connectivity index (χ3v) is 3.93.